The Balaban J connectivity index is 2.40. The van der Waals surface area contributed by atoms with Gasteiger partial charge in [-0.3, -0.25) is 29.3 Å². The minimum absolute atomic E-state index is 0.173. The van der Waals surface area contributed by atoms with E-state index < -0.39 is 91.2 Å². The predicted octanol–water partition coefficient (Wildman–Crippen LogP) is 1.38. The highest BCUT2D eigenvalue weighted by Gasteiger charge is 2.50. The number of nitrogens with one attached hydrogen (secondary N) is 1. The van der Waals surface area contributed by atoms with Gasteiger partial charge in [0.2, 0.25) is 12.2 Å². The van der Waals surface area contributed by atoms with E-state index in [2.05, 4.69) is 15.3 Å². The number of benzene rings is 1. The number of amides is 1. The largest absolute Gasteiger partial charge is 0.516 e. The molecule has 1 aromatic rings. The van der Waals surface area contributed by atoms with Gasteiger partial charge in [-0.2, -0.15) is 0 Å². The second-order valence-corrected chi connectivity index (χ2v) is 8.07. The number of nitro groups is 1. The van der Waals surface area contributed by atoms with Crippen LogP contribution in [0.4, 0.5) is 10.5 Å². The second-order valence-electron chi connectivity index (χ2n) is 8.07. The van der Waals surface area contributed by atoms with E-state index in [-0.39, 0.29) is 11.4 Å². The SMILES string of the molecule is CC(=O)OC[C@@H]1O[C@@H](OC(=O)Oc2ccc([N+](=O)[O-])cc2)[C@@H](NC(=O)CN=[N+]=[N-])[C@H](CC(=O)O)[C@@H]1CC(=O)O. The summed E-state index contributed by atoms with van der Waals surface area (Å²) in [6.45, 7) is -0.203. The molecule has 1 fully saturated rings. The van der Waals surface area contributed by atoms with Crippen LogP contribution in [0, 0.1) is 22.0 Å². The van der Waals surface area contributed by atoms with Crippen LogP contribution in [0.15, 0.2) is 29.4 Å². The van der Waals surface area contributed by atoms with Gasteiger partial charge in [-0.05, 0) is 17.7 Å². The summed E-state index contributed by atoms with van der Waals surface area (Å²) in [4.78, 5) is 72.1. The summed E-state index contributed by atoms with van der Waals surface area (Å²) >= 11 is 0. The molecular weight excluding hydrogens is 530 g/mol. The number of ether oxygens (including phenoxy) is 4. The van der Waals surface area contributed by atoms with Crippen molar-refractivity contribution in [2.45, 2.75) is 38.2 Å². The molecule has 5 atom stereocenters. The van der Waals surface area contributed by atoms with E-state index in [0.717, 1.165) is 31.2 Å². The van der Waals surface area contributed by atoms with E-state index in [1.54, 1.807) is 0 Å². The number of carbonyl (C=O) groups excluding carboxylic acids is 3. The summed E-state index contributed by atoms with van der Waals surface area (Å²) < 4.78 is 20.7. The predicted molar refractivity (Wildman–Crippen MR) is 123 cm³/mol. The standard InChI is InChI=1S/C21H23N5O13/c1-10(27)36-9-15-13(6-17(29)30)14(7-18(31)32)19(24-16(28)8-23-25-22)20(38-15)39-21(33)37-12-4-2-11(3-5-12)26(34)35/h2-5,13-15,19-20H,6-9H2,1H3,(H,24,28)(H,29,30)(H,31,32)/t13-,14+,15-,19-,20-/m0/s1. The van der Waals surface area contributed by atoms with Crippen molar-refractivity contribution in [2.75, 3.05) is 13.2 Å². The topological polar surface area (TPSA) is 267 Å². The zero-order valence-electron chi connectivity index (χ0n) is 20.2. The van der Waals surface area contributed by atoms with Crippen molar-refractivity contribution in [1.82, 2.24) is 5.32 Å². The molecule has 0 bridgehead atoms. The van der Waals surface area contributed by atoms with Crippen LogP contribution in [-0.4, -0.2) is 76.7 Å². The molecule has 2 rings (SSSR count). The zero-order valence-corrected chi connectivity index (χ0v) is 20.2. The third kappa shape index (κ3) is 9.45. The molecule has 210 valence electrons. The molecule has 0 aliphatic carbocycles. The Bertz CT molecular complexity index is 1150. The monoisotopic (exact) mass is 553 g/mol. The summed E-state index contributed by atoms with van der Waals surface area (Å²) in [6, 6.07) is 2.81. The average molecular weight is 553 g/mol. The number of azide groups is 1. The third-order valence-electron chi connectivity index (χ3n) is 5.43. The molecule has 0 spiro atoms. The fourth-order valence-corrected chi connectivity index (χ4v) is 3.88. The van der Waals surface area contributed by atoms with Crippen LogP contribution in [0.2, 0.25) is 0 Å². The first-order valence-electron chi connectivity index (χ1n) is 11.1. The average Bonchev–Trinajstić information content (AvgIpc) is 2.84. The van der Waals surface area contributed by atoms with Crippen molar-refractivity contribution in [3.63, 3.8) is 0 Å². The van der Waals surface area contributed by atoms with Gasteiger partial charge in [-0.1, -0.05) is 5.11 Å². The number of non-ortho nitro benzene ring substituents is 1. The van der Waals surface area contributed by atoms with E-state index in [0.29, 0.717) is 0 Å². The zero-order chi connectivity index (χ0) is 29.1. The van der Waals surface area contributed by atoms with E-state index in [1.165, 1.54) is 0 Å². The van der Waals surface area contributed by atoms with E-state index >= 15 is 0 Å². The fraction of sp³-hybridized carbons (Fsp3) is 0.476. The van der Waals surface area contributed by atoms with Crippen LogP contribution in [0.5, 0.6) is 5.75 Å². The number of carboxylic acids is 2. The number of hydrogen-bond donors (Lipinski definition) is 3. The number of hydrogen-bond acceptors (Lipinski definition) is 12. The molecule has 1 amide bonds. The van der Waals surface area contributed by atoms with Crippen LogP contribution in [0.3, 0.4) is 0 Å². The first-order chi connectivity index (χ1) is 18.4. The molecular formula is C21H23N5O13. The lowest BCUT2D eigenvalue weighted by atomic mass is 9.75. The smallest absolute Gasteiger partial charge is 0.481 e. The van der Waals surface area contributed by atoms with Gasteiger partial charge in [0, 0.05) is 35.8 Å². The number of aliphatic carboxylic acids is 2. The normalized spacial score (nSPS) is 21.9. The molecule has 39 heavy (non-hydrogen) atoms. The van der Waals surface area contributed by atoms with Crippen molar-refractivity contribution in [2.24, 2.45) is 17.0 Å². The Morgan fingerprint density at radius 1 is 1.13 bits per heavy atom. The quantitative estimate of drug-likeness (QED) is 0.0628. The Kier molecular flexibility index (Phi) is 10.9. The minimum Gasteiger partial charge on any atom is -0.481 e. The van der Waals surface area contributed by atoms with Crippen LogP contribution < -0.4 is 10.1 Å². The summed E-state index contributed by atoms with van der Waals surface area (Å²) in [5.74, 6) is -7.03. The molecule has 0 radical (unpaired) electrons. The third-order valence-corrected chi connectivity index (χ3v) is 5.43. The summed E-state index contributed by atoms with van der Waals surface area (Å²) in [6.07, 6.45) is -5.92. The van der Waals surface area contributed by atoms with E-state index in [9.17, 15) is 44.3 Å². The number of nitro benzene ring substituents is 1. The van der Waals surface area contributed by atoms with Gasteiger partial charge in [0.05, 0.1) is 29.9 Å². The van der Waals surface area contributed by atoms with Crippen molar-refractivity contribution in [3.05, 3.63) is 44.8 Å². The Morgan fingerprint density at radius 3 is 2.28 bits per heavy atom. The van der Waals surface area contributed by atoms with Crippen LogP contribution in [0.25, 0.3) is 10.4 Å². The maximum absolute atomic E-state index is 12.5. The first-order valence-corrected chi connectivity index (χ1v) is 11.1. The van der Waals surface area contributed by atoms with Crippen molar-refractivity contribution < 1.29 is 58.1 Å². The fourth-order valence-electron chi connectivity index (χ4n) is 3.88. The van der Waals surface area contributed by atoms with Crippen LogP contribution >= 0.6 is 0 Å². The Morgan fingerprint density at radius 2 is 1.74 bits per heavy atom. The van der Waals surface area contributed by atoms with Crippen molar-refractivity contribution >= 4 is 35.7 Å². The number of carbonyl (C=O) groups is 5. The highest BCUT2D eigenvalue weighted by atomic mass is 16.8. The van der Waals surface area contributed by atoms with E-state index in [1.807, 2.05) is 0 Å². The Hall–Kier alpha value is -4.96. The van der Waals surface area contributed by atoms with Gasteiger partial charge in [-0.15, -0.1) is 0 Å². The summed E-state index contributed by atoms with van der Waals surface area (Å²) in [5, 5.41) is 35.2. The molecule has 1 aliphatic heterocycles. The second kappa shape index (κ2) is 14.1. The molecule has 1 heterocycles. The van der Waals surface area contributed by atoms with Gasteiger partial charge < -0.3 is 34.5 Å². The molecule has 3 N–H and O–H groups in total. The first kappa shape index (κ1) is 30.3. The molecule has 1 aliphatic rings. The lowest BCUT2D eigenvalue weighted by Gasteiger charge is -2.45. The molecule has 1 aromatic carbocycles. The molecule has 1 saturated heterocycles. The van der Waals surface area contributed by atoms with Crippen molar-refractivity contribution in [3.8, 4) is 5.75 Å². The molecule has 18 nitrogen and oxygen atoms in total. The number of rotatable bonds is 12. The lowest BCUT2D eigenvalue weighted by Crippen LogP contribution is -2.61. The van der Waals surface area contributed by atoms with Crippen LogP contribution in [-0.2, 0) is 33.4 Å². The highest BCUT2D eigenvalue weighted by Crippen LogP contribution is 2.37. The Labute approximate surface area is 218 Å². The molecule has 18 heteroatoms. The maximum atomic E-state index is 12.5. The summed E-state index contributed by atoms with van der Waals surface area (Å²) in [5.41, 5.74) is 8.19. The number of carboxylic acid groups (broad SMARTS) is 2. The van der Waals surface area contributed by atoms with E-state index in [4.69, 9.17) is 24.5 Å². The van der Waals surface area contributed by atoms with Gasteiger partial charge in [0.1, 0.15) is 18.9 Å². The van der Waals surface area contributed by atoms with Gasteiger partial charge in [0.25, 0.3) is 5.69 Å². The van der Waals surface area contributed by atoms with Gasteiger partial charge in [0.15, 0.2) is 0 Å². The molecule has 0 unspecified atom stereocenters. The number of nitrogens with zero attached hydrogens (tertiary/aromatic N) is 4. The lowest BCUT2D eigenvalue weighted by molar-refractivity contribution is -0.384. The summed E-state index contributed by atoms with van der Waals surface area (Å²) in [7, 11) is 0. The van der Waals surface area contributed by atoms with Gasteiger partial charge >= 0.3 is 24.1 Å². The molecule has 0 aromatic heterocycles. The minimum atomic E-state index is -1.79. The van der Waals surface area contributed by atoms with Crippen LogP contribution in [0.1, 0.15) is 19.8 Å². The highest BCUT2D eigenvalue weighted by molar-refractivity contribution is 5.79. The maximum Gasteiger partial charge on any atom is 0.516 e. The molecule has 0 saturated carbocycles. The van der Waals surface area contributed by atoms with Crippen molar-refractivity contribution in [1.29, 1.82) is 0 Å². The number of esters is 1. The van der Waals surface area contributed by atoms with Gasteiger partial charge in [-0.25, -0.2) is 4.79 Å².